The third-order valence-corrected chi connectivity index (χ3v) is 4.08. The highest BCUT2D eigenvalue weighted by atomic mass is 35.5. The summed E-state index contributed by atoms with van der Waals surface area (Å²) >= 11 is 5.72. The maximum Gasteiger partial charge on any atom is 0.306 e. The third-order valence-electron chi connectivity index (χ3n) is 3.85. The van der Waals surface area contributed by atoms with E-state index in [1.807, 2.05) is 6.07 Å². The topological polar surface area (TPSA) is 117 Å². The number of nitrogens with one attached hydrogen (secondary N) is 1. The minimum absolute atomic E-state index is 0.0317. The number of anilines is 1. The SMILES string of the molecule is O=C(COC(=O)CCc1ccc2c(c1)OCO2)Nc1ccc(Cl)cc1[N+](=O)[O-]. The van der Waals surface area contributed by atoms with Gasteiger partial charge in [0, 0.05) is 17.5 Å². The van der Waals surface area contributed by atoms with Crippen molar-refractivity contribution in [2.75, 3.05) is 18.7 Å². The van der Waals surface area contributed by atoms with E-state index in [1.165, 1.54) is 12.1 Å². The molecule has 1 aliphatic rings. The molecule has 0 unspecified atom stereocenters. The summed E-state index contributed by atoms with van der Waals surface area (Å²) in [6.07, 6.45) is 0.466. The number of aryl methyl sites for hydroxylation is 1. The maximum atomic E-state index is 11.9. The summed E-state index contributed by atoms with van der Waals surface area (Å²) in [7, 11) is 0. The average molecular weight is 407 g/mol. The van der Waals surface area contributed by atoms with Crippen molar-refractivity contribution in [3.8, 4) is 11.5 Å². The molecule has 0 spiro atoms. The van der Waals surface area contributed by atoms with Crippen molar-refractivity contribution >= 4 is 34.9 Å². The number of halogens is 1. The molecule has 10 heteroatoms. The van der Waals surface area contributed by atoms with Crippen LogP contribution in [0.1, 0.15) is 12.0 Å². The molecule has 1 aliphatic heterocycles. The molecule has 0 aliphatic carbocycles. The van der Waals surface area contributed by atoms with Crippen LogP contribution in [0.2, 0.25) is 5.02 Å². The first-order chi connectivity index (χ1) is 13.4. The zero-order valence-electron chi connectivity index (χ0n) is 14.5. The molecule has 0 atom stereocenters. The lowest BCUT2D eigenvalue weighted by Crippen LogP contribution is -2.21. The molecule has 0 bridgehead atoms. The summed E-state index contributed by atoms with van der Waals surface area (Å²) in [5, 5.41) is 13.5. The summed E-state index contributed by atoms with van der Waals surface area (Å²) in [6.45, 7) is -0.387. The minimum Gasteiger partial charge on any atom is -0.456 e. The fraction of sp³-hybridized carbons (Fsp3) is 0.222. The standard InChI is InChI=1S/C18H15ClN2O7/c19-12-3-4-13(14(8-12)21(24)25)20-17(22)9-26-18(23)6-2-11-1-5-15-16(7-11)28-10-27-15/h1,3-5,7-8H,2,6,9-10H2,(H,20,22). The highest BCUT2D eigenvalue weighted by Crippen LogP contribution is 2.32. The van der Waals surface area contributed by atoms with Gasteiger partial charge in [-0.15, -0.1) is 0 Å². The van der Waals surface area contributed by atoms with Gasteiger partial charge in [-0.3, -0.25) is 19.7 Å². The smallest absolute Gasteiger partial charge is 0.306 e. The van der Waals surface area contributed by atoms with Crippen LogP contribution in [-0.2, 0) is 20.7 Å². The summed E-state index contributed by atoms with van der Waals surface area (Å²) < 4.78 is 15.4. The molecule has 28 heavy (non-hydrogen) atoms. The van der Waals surface area contributed by atoms with Crippen molar-refractivity contribution in [3.63, 3.8) is 0 Å². The van der Waals surface area contributed by atoms with Crippen LogP contribution < -0.4 is 14.8 Å². The molecule has 1 heterocycles. The molecule has 0 aromatic heterocycles. The van der Waals surface area contributed by atoms with Crippen molar-refractivity contribution in [2.45, 2.75) is 12.8 Å². The number of nitro groups is 1. The van der Waals surface area contributed by atoms with Crippen LogP contribution in [-0.4, -0.2) is 30.2 Å². The van der Waals surface area contributed by atoms with E-state index in [2.05, 4.69) is 5.32 Å². The summed E-state index contributed by atoms with van der Waals surface area (Å²) in [5.74, 6) is 0.00868. The Hall–Kier alpha value is -3.33. The average Bonchev–Trinajstić information content (AvgIpc) is 3.13. The lowest BCUT2D eigenvalue weighted by molar-refractivity contribution is -0.383. The Balaban J connectivity index is 1.47. The Bertz CT molecular complexity index is 932. The van der Waals surface area contributed by atoms with Crippen LogP contribution in [0.15, 0.2) is 36.4 Å². The Morgan fingerprint density at radius 1 is 1.18 bits per heavy atom. The largest absolute Gasteiger partial charge is 0.456 e. The lowest BCUT2D eigenvalue weighted by Gasteiger charge is -2.08. The number of rotatable bonds is 7. The van der Waals surface area contributed by atoms with Crippen LogP contribution in [0.3, 0.4) is 0 Å². The van der Waals surface area contributed by atoms with Gasteiger partial charge in [-0.1, -0.05) is 17.7 Å². The molecule has 1 amide bonds. The van der Waals surface area contributed by atoms with E-state index in [0.717, 1.165) is 11.6 Å². The number of carbonyl (C=O) groups excluding carboxylic acids is 2. The summed E-state index contributed by atoms with van der Waals surface area (Å²) in [5.41, 5.74) is 0.480. The number of ether oxygens (including phenoxy) is 3. The third kappa shape index (κ3) is 4.89. The molecule has 2 aromatic rings. The van der Waals surface area contributed by atoms with Gasteiger partial charge in [-0.2, -0.15) is 0 Å². The highest BCUT2D eigenvalue weighted by Gasteiger charge is 2.18. The highest BCUT2D eigenvalue weighted by molar-refractivity contribution is 6.31. The van der Waals surface area contributed by atoms with Crippen LogP contribution in [0.25, 0.3) is 0 Å². The van der Waals surface area contributed by atoms with Crippen LogP contribution in [0.4, 0.5) is 11.4 Å². The van der Waals surface area contributed by atoms with E-state index >= 15 is 0 Å². The number of esters is 1. The number of fused-ring (bicyclic) bond motifs is 1. The van der Waals surface area contributed by atoms with Gasteiger partial charge < -0.3 is 19.5 Å². The van der Waals surface area contributed by atoms with Gasteiger partial charge >= 0.3 is 5.97 Å². The van der Waals surface area contributed by atoms with Crippen LogP contribution in [0.5, 0.6) is 11.5 Å². The number of hydrogen-bond donors (Lipinski definition) is 1. The van der Waals surface area contributed by atoms with Crippen molar-refractivity contribution in [1.82, 2.24) is 0 Å². The normalized spacial score (nSPS) is 11.8. The van der Waals surface area contributed by atoms with Crippen LogP contribution >= 0.6 is 11.6 Å². The first kappa shape index (κ1) is 19.4. The number of benzene rings is 2. The van der Waals surface area contributed by atoms with Crippen LogP contribution in [0, 0.1) is 10.1 Å². The molecule has 0 saturated carbocycles. The predicted octanol–water partition coefficient (Wildman–Crippen LogP) is 3.09. The fourth-order valence-corrected chi connectivity index (χ4v) is 2.68. The summed E-state index contributed by atoms with van der Waals surface area (Å²) in [6, 6.07) is 9.18. The summed E-state index contributed by atoms with van der Waals surface area (Å²) in [4.78, 5) is 34.1. The quantitative estimate of drug-likeness (QED) is 0.426. The molecule has 2 aromatic carbocycles. The number of nitrogens with zero attached hydrogens (tertiary/aromatic N) is 1. The van der Waals surface area contributed by atoms with Gasteiger partial charge in [-0.05, 0) is 36.2 Å². The second-order valence-electron chi connectivity index (χ2n) is 5.82. The fourth-order valence-electron chi connectivity index (χ4n) is 2.51. The van der Waals surface area contributed by atoms with Crippen molar-refractivity contribution < 1.29 is 28.7 Å². The first-order valence-corrected chi connectivity index (χ1v) is 8.58. The van der Waals surface area contributed by atoms with E-state index in [-0.39, 0.29) is 29.6 Å². The second-order valence-corrected chi connectivity index (χ2v) is 6.25. The molecule has 3 rings (SSSR count). The Morgan fingerprint density at radius 3 is 2.75 bits per heavy atom. The maximum absolute atomic E-state index is 11.9. The molecule has 0 saturated heterocycles. The van der Waals surface area contributed by atoms with Gasteiger partial charge in [0.15, 0.2) is 18.1 Å². The van der Waals surface area contributed by atoms with Gasteiger partial charge in [0.1, 0.15) is 5.69 Å². The molecule has 0 radical (unpaired) electrons. The first-order valence-electron chi connectivity index (χ1n) is 8.20. The van der Waals surface area contributed by atoms with Crippen molar-refractivity contribution in [1.29, 1.82) is 0 Å². The number of nitro benzene ring substituents is 1. The molecule has 9 nitrogen and oxygen atoms in total. The van der Waals surface area contributed by atoms with E-state index in [4.69, 9.17) is 25.8 Å². The number of amides is 1. The zero-order valence-corrected chi connectivity index (χ0v) is 15.2. The van der Waals surface area contributed by atoms with Gasteiger partial charge in [0.25, 0.3) is 11.6 Å². The predicted molar refractivity (Wildman–Crippen MR) is 98.6 cm³/mol. The van der Waals surface area contributed by atoms with Crippen molar-refractivity contribution in [3.05, 3.63) is 57.1 Å². The van der Waals surface area contributed by atoms with E-state index < -0.39 is 23.4 Å². The Labute approximate surface area is 164 Å². The van der Waals surface area contributed by atoms with Gasteiger partial charge in [0.05, 0.1) is 4.92 Å². The second kappa shape index (κ2) is 8.57. The lowest BCUT2D eigenvalue weighted by atomic mass is 10.1. The minimum atomic E-state index is -0.693. The van der Waals surface area contributed by atoms with Crippen molar-refractivity contribution in [2.24, 2.45) is 0 Å². The molecule has 146 valence electrons. The monoisotopic (exact) mass is 406 g/mol. The molecule has 1 N–H and O–H groups in total. The van der Waals surface area contributed by atoms with E-state index in [9.17, 15) is 19.7 Å². The van der Waals surface area contributed by atoms with E-state index in [0.29, 0.717) is 17.9 Å². The number of hydrogen-bond acceptors (Lipinski definition) is 7. The van der Waals surface area contributed by atoms with Gasteiger partial charge in [-0.25, -0.2) is 0 Å². The number of carbonyl (C=O) groups is 2. The molecule has 0 fully saturated rings. The Morgan fingerprint density at radius 2 is 1.96 bits per heavy atom. The Kier molecular flexibility index (Phi) is 5.95. The molecular weight excluding hydrogens is 392 g/mol. The van der Waals surface area contributed by atoms with Gasteiger partial charge in [0.2, 0.25) is 6.79 Å². The zero-order chi connectivity index (χ0) is 20.1. The molecular formula is C18H15ClN2O7. The van der Waals surface area contributed by atoms with E-state index in [1.54, 1.807) is 12.1 Å².